The first-order valence-electron chi connectivity index (χ1n) is 10.3. The molecule has 6 heteroatoms. The van der Waals surface area contributed by atoms with Crippen LogP contribution in [0.1, 0.15) is 50.7 Å². The van der Waals surface area contributed by atoms with Crippen LogP contribution in [0.4, 0.5) is 0 Å². The molecule has 0 heterocycles. The Kier molecular flexibility index (Phi) is 9.71. The third kappa shape index (κ3) is 7.43. The molecule has 0 amide bonds. The van der Waals surface area contributed by atoms with Crippen molar-refractivity contribution >= 4 is 11.9 Å². The molecule has 30 heavy (non-hydrogen) atoms. The van der Waals surface area contributed by atoms with Crippen LogP contribution in [0.2, 0.25) is 0 Å². The predicted octanol–water partition coefficient (Wildman–Crippen LogP) is 4.50. The third-order valence-electron chi connectivity index (χ3n) is 4.47. The van der Waals surface area contributed by atoms with Gasteiger partial charge in [-0.3, -0.25) is 0 Å². The van der Waals surface area contributed by atoms with Gasteiger partial charge in [-0.2, -0.15) is 0 Å². The van der Waals surface area contributed by atoms with Crippen LogP contribution in [0.5, 0.6) is 11.5 Å². The van der Waals surface area contributed by atoms with Crippen molar-refractivity contribution in [3.63, 3.8) is 0 Å². The van der Waals surface area contributed by atoms with Gasteiger partial charge in [0.15, 0.2) is 13.2 Å². The molecule has 0 saturated heterocycles. The molecule has 0 radical (unpaired) electrons. The summed E-state index contributed by atoms with van der Waals surface area (Å²) in [4.78, 5) is 22.8. The highest BCUT2D eigenvalue weighted by Crippen LogP contribution is 2.31. The first-order valence-corrected chi connectivity index (χ1v) is 10.3. The average molecular weight is 414 g/mol. The summed E-state index contributed by atoms with van der Waals surface area (Å²) in [6, 6.07) is 15.6. The summed E-state index contributed by atoms with van der Waals surface area (Å²) >= 11 is 0. The lowest BCUT2D eigenvalue weighted by Gasteiger charge is -2.18. The van der Waals surface area contributed by atoms with Gasteiger partial charge < -0.3 is 18.9 Å². The molecule has 0 saturated carbocycles. The van der Waals surface area contributed by atoms with Gasteiger partial charge in [0.2, 0.25) is 0 Å². The molecule has 6 nitrogen and oxygen atoms in total. The molecule has 162 valence electrons. The third-order valence-corrected chi connectivity index (χ3v) is 4.47. The van der Waals surface area contributed by atoms with Crippen molar-refractivity contribution in [1.29, 1.82) is 0 Å². The van der Waals surface area contributed by atoms with E-state index in [1.807, 2.05) is 48.5 Å². The maximum atomic E-state index is 11.4. The Morgan fingerprint density at radius 2 is 1.10 bits per heavy atom. The maximum Gasteiger partial charge on any atom is 0.344 e. The normalized spacial score (nSPS) is 10.5. The second kappa shape index (κ2) is 12.5. The van der Waals surface area contributed by atoms with Crippen molar-refractivity contribution < 1.29 is 28.5 Å². The van der Waals surface area contributed by atoms with Gasteiger partial charge in [-0.1, -0.05) is 37.6 Å². The van der Waals surface area contributed by atoms with Crippen LogP contribution in [-0.4, -0.2) is 38.4 Å². The zero-order valence-corrected chi connectivity index (χ0v) is 17.9. The smallest absolute Gasteiger partial charge is 0.344 e. The van der Waals surface area contributed by atoms with Gasteiger partial charge in [-0.15, -0.1) is 0 Å². The van der Waals surface area contributed by atoms with Crippen LogP contribution < -0.4 is 9.47 Å². The minimum absolute atomic E-state index is 0.0984. The van der Waals surface area contributed by atoms with Crippen molar-refractivity contribution in [3.05, 3.63) is 59.7 Å². The van der Waals surface area contributed by atoms with E-state index in [0.717, 1.165) is 12.8 Å². The summed E-state index contributed by atoms with van der Waals surface area (Å²) in [7, 11) is 0. The van der Waals surface area contributed by atoms with E-state index in [2.05, 4.69) is 6.92 Å². The number of hydrogen-bond donors (Lipinski definition) is 0. The average Bonchev–Trinajstić information content (AvgIpc) is 2.76. The Hall–Kier alpha value is -3.02. The molecule has 2 aromatic rings. The van der Waals surface area contributed by atoms with Crippen LogP contribution in [0.3, 0.4) is 0 Å². The van der Waals surface area contributed by atoms with Crippen molar-refractivity contribution in [1.82, 2.24) is 0 Å². The Morgan fingerprint density at radius 1 is 0.700 bits per heavy atom. The molecule has 0 aliphatic carbocycles. The molecule has 0 aromatic heterocycles. The van der Waals surface area contributed by atoms with E-state index in [1.54, 1.807) is 13.8 Å². The zero-order valence-electron chi connectivity index (χ0n) is 17.9. The molecule has 0 atom stereocenters. The van der Waals surface area contributed by atoms with Crippen LogP contribution in [0.25, 0.3) is 0 Å². The van der Waals surface area contributed by atoms with Crippen molar-refractivity contribution in [3.8, 4) is 11.5 Å². The molecule has 2 aromatic carbocycles. The first kappa shape index (κ1) is 23.3. The molecular formula is C24H30O6. The SMILES string of the molecule is CCCC(c1ccc(OCC(=O)OCC)cc1)c1ccc(OCC(=O)OCC)cc1. The minimum atomic E-state index is -0.379. The quantitative estimate of drug-likeness (QED) is 0.476. The Morgan fingerprint density at radius 3 is 1.43 bits per heavy atom. The van der Waals surface area contributed by atoms with E-state index < -0.39 is 0 Å². The Bertz CT molecular complexity index is 717. The molecule has 0 aliphatic heterocycles. The molecule has 0 fully saturated rings. The van der Waals surface area contributed by atoms with Gasteiger partial charge in [0.1, 0.15) is 11.5 Å². The minimum Gasteiger partial charge on any atom is -0.482 e. The number of esters is 2. The largest absolute Gasteiger partial charge is 0.482 e. The van der Waals surface area contributed by atoms with E-state index in [0.29, 0.717) is 24.7 Å². The number of benzene rings is 2. The summed E-state index contributed by atoms with van der Waals surface area (Å²) in [5.74, 6) is 0.731. The Labute approximate surface area is 178 Å². The monoisotopic (exact) mass is 414 g/mol. The first-order chi connectivity index (χ1) is 14.6. The van der Waals surface area contributed by atoms with Crippen LogP contribution >= 0.6 is 0 Å². The Balaban J connectivity index is 2.02. The fourth-order valence-electron chi connectivity index (χ4n) is 3.10. The summed E-state index contributed by atoms with van der Waals surface area (Å²) in [5, 5.41) is 0. The molecule has 0 aliphatic rings. The van der Waals surface area contributed by atoms with Crippen LogP contribution in [0, 0.1) is 0 Å². The van der Waals surface area contributed by atoms with Crippen molar-refractivity contribution in [2.24, 2.45) is 0 Å². The fraction of sp³-hybridized carbons (Fsp3) is 0.417. The summed E-state index contributed by atoms with van der Waals surface area (Å²) < 4.78 is 20.7. The van der Waals surface area contributed by atoms with Crippen LogP contribution in [0.15, 0.2) is 48.5 Å². The molecule has 2 rings (SSSR count). The second-order valence-corrected chi connectivity index (χ2v) is 6.67. The van der Waals surface area contributed by atoms with Gasteiger partial charge in [-0.05, 0) is 55.7 Å². The molecular weight excluding hydrogens is 384 g/mol. The maximum absolute atomic E-state index is 11.4. The van der Waals surface area contributed by atoms with E-state index >= 15 is 0 Å². The fourth-order valence-corrected chi connectivity index (χ4v) is 3.10. The molecule has 0 N–H and O–H groups in total. The van der Waals surface area contributed by atoms with E-state index in [4.69, 9.17) is 18.9 Å². The highest BCUT2D eigenvalue weighted by Gasteiger charge is 2.14. The topological polar surface area (TPSA) is 71.1 Å². The number of rotatable bonds is 12. The van der Waals surface area contributed by atoms with Crippen molar-refractivity contribution in [2.45, 2.75) is 39.5 Å². The number of ether oxygens (including phenoxy) is 4. The second-order valence-electron chi connectivity index (χ2n) is 6.67. The summed E-state index contributed by atoms with van der Waals surface area (Å²) in [6.07, 6.45) is 2.03. The van der Waals surface area contributed by atoms with E-state index in [9.17, 15) is 9.59 Å². The van der Waals surface area contributed by atoms with E-state index in [-0.39, 0.29) is 31.1 Å². The van der Waals surface area contributed by atoms with Gasteiger partial charge in [0, 0.05) is 5.92 Å². The van der Waals surface area contributed by atoms with Crippen molar-refractivity contribution in [2.75, 3.05) is 26.4 Å². The highest BCUT2D eigenvalue weighted by molar-refractivity contribution is 5.71. The number of hydrogen-bond acceptors (Lipinski definition) is 6. The number of carbonyl (C=O) groups is 2. The van der Waals surface area contributed by atoms with Gasteiger partial charge in [0.25, 0.3) is 0 Å². The molecule has 0 unspecified atom stereocenters. The highest BCUT2D eigenvalue weighted by atomic mass is 16.6. The molecule has 0 bridgehead atoms. The predicted molar refractivity (Wildman–Crippen MR) is 114 cm³/mol. The standard InChI is InChI=1S/C24H30O6/c1-4-7-22(18-8-12-20(13-9-18)29-16-23(25)27-5-2)19-10-14-21(15-11-19)30-17-24(26)28-6-3/h8-15,22H,4-7,16-17H2,1-3H3. The lowest BCUT2D eigenvalue weighted by Crippen LogP contribution is -2.14. The van der Waals surface area contributed by atoms with E-state index in [1.165, 1.54) is 11.1 Å². The summed E-state index contributed by atoms with van der Waals surface area (Å²) in [6.45, 7) is 6.16. The molecule has 0 spiro atoms. The van der Waals surface area contributed by atoms with Gasteiger partial charge >= 0.3 is 11.9 Å². The van der Waals surface area contributed by atoms with Gasteiger partial charge in [-0.25, -0.2) is 9.59 Å². The van der Waals surface area contributed by atoms with Gasteiger partial charge in [0.05, 0.1) is 13.2 Å². The van der Waals surface area contributed by atoms with Crippen LogP contribution in [-0.2, 0) is 19.1 Å². The lowest BCUT2D eigenvalue weighted by atomic mass is 9.87. The zero-order chi connectivity index (χ0) is 21.8. The number of carbonyl (C=O) groups excluding carboxylic acids is 2. The summed E-state index contributed by atoms with van der Waals surface area (Å²) in [5.41, 5.74) is 2.33. The lowest BCUT2D eigenvalue weighted by molar-refractivity contribution is -0.146.